The molecule has 1 aromatic heterocycles. The Labute approximate surface area is 117 Å². The van der Waals surface area contributed by atoms with E-state index in [0.717, 1.165) is 16.6 Å². The molecule has 0 unspecified atom stereocenters. The number of nitrogens with one attached hydrogen (secondary N) is 1. The molecule has 3 aromatic rings. The molecular weight excluding hydrogens is 250 g/mol. The van der Waals surface area contributed by atoms with Crippen LogP contribution in [-0.2, 0) is 6.54 Å². The molecular formula is C16H15N3O. The number of amides is 1. The van der Waals surface area contributed by atoms with Gasteiger partial charge >= 0.3 is 0 Å². The lowest BCUT2D eigenvalue weighted by atomic mass is 10.1. The maximum atomic E-state index is 12.4. The number of hydrogen-bond acceptors (Lipinski definition) is 2. The van der Waals surface area contributed by atoms with Gasteiger partial charge in [-0.1, -0.05) is 30.3 Å². The van der Waals surface area contributed by atoms with Crippen molar-refractivity contribution in [3.63, 3.8) is 0 Å². The van der Waals surface area contributed by atoms with E-state index in [0.29, 0.717) is 12.1 Å². The molecule has 0 atom stereocenters. The van der Waals surface area contributed by atoms with Crippen molar-refractivity contribution in [2.24, 2.45) is 0 Å². The van der Waals surface area contributed by atoms with Gasteiger partial charge in [-0.25, -0.2) is 4.98 Å². The van der Waals surface area contributed by atoms with E-state index in [1.807, 2.05) is 55.6 Å². The van der Waals surface area contributed by atoms with Gasteiger partial charge in [0.25, 0.3) is 5.91 Å². The van der Waals surface area contributed by atoms with Gasteiger partial charge in [0.2, 0.25) is 0 Å². The summed E-state index contributed by atoms with van der Waals surface area (Å²) >= 11 is 0. The highest BCUT2D eigenvalue weighted by atomic mass is 16.2. The Hall–Kier alpha value is -2.62. The molecule has 20 heavy (non-hydrogen) atoms. The number of aromatic nitrogens is 2. The van der Waals surface area contributed by atoms with Crippen molar-refractivity contribution in [3.8, 4) is 0 Å². The van der Waals surface area contributed by atoms with Gasteiger partial charge in [0, 0.05) is 19.2 Å². The van der Waals surface area contributed by atoms with Crippen molar-refractivity contribution in [1.82, 2.24) is 14.9 Å². The van der Waals surface area contributed by atoms with Crippen LogP contribution < -0.4 is 0 Å². The van der Waals surface area contributed by atoms with Crippen molar-refractivity contribution in [3.05, 3.63) is 66.0 Å². The number of carbonyl (C=O) groups excluding carboxylic acids is 1. The predicted octanol–water partition coefficient (Wildman–Crippen LogP) is 2.84. The van der Waals surface area contributed by atoms with E-state index >= 15 is 0 Å². The number of carbonyl (C=O) groups is 1. The van der Waals surface area contributed by atoms with Gasteiger partial charge < -0.3 is 9.88 Å². The molecule has 1 amide bonds. The molecule has 3 rings (SSSR count). The Bertz CT molecular complexity index is 734. The second kappa shape index (κ2) is 5.17. The van der Waals surface area contributed by atoms with Gasteiger partial charge in [-0.05, 0) is 23.8 Å². The van der Waals surface area contributed by atoms with Crippen molar-refractivity contribution in [1.29, 1.82) is 0 Å². The summed E-state index contributed by atoms with van der Waals surface area (Å²) in [4.78, 5) is 21.3. The third-order valence-corrected chi connectivity index (χ3v) is 3.28. The van der Waals surface area contributed by atoms with E-state index in [1.165, 1.54) is 0 Å². The third-order valence-electron chi connectivity index (χ3n) is 3.28. The van der Waals surface area contributed by atoms with Crippen molar-refractivity contribution in [2.45, 2.75) is 6.54 Å². The Balaban J connectivity index is 1.80. The summed E-state index contributed by atoms with van der Waals surface area (Å²) in [6.45, 7) is 0.596. The summed E-state index contributed by atoms with van der Waals surface area (Å²) in [6, 6.07) is 15.5. The van der Waals surface area contributed by atoms with Gasteiger partial charge in [-0.15, -0.1) is 0 Å². The van der Waals surface area contributed by atoms with Crippen LogP contribution in [-0.4, -0.2) is 27.8 Å². The molecule has 100 valence electrons. The van der Waals surface area contributed by atoms with Crippen LogP contribution in [0.4, 0.5) is 0 Å². The molecule has 0 spiro atoms. The average Bonchev–Trinajstić information content (AvgIpc) is 2.94. The van der Waals surface area contributed by atoms with Crippen LogP contribution >= 0.6 is 0 Å². The Kier molecular flexibility index (Phi) is 3.21. The smallest absolute Gasteiger partial charge is 0.253 e. The van der Waals surface area contributed by atoms with Crippen LogP contribution in [0.1, 0.15) is 15.9 Å². The molecule has 0 saturated carbocycles. The molecule has 2 aromatic carbocycles. The molecule has 0 saturated heterocycles. The maximum Gasteiger partial charge on any atom is 0.253 e. The minimum absolute atomic E-state index is 0.00115. The van der Waals surface area contributed by atoms with E-state index < -0.39 is 0 Å². The number of nitrogens with zero attached hydrogens (tertiary/aromatic N) is 2. The first kappa shape index (κ1) is 12.4. The summed E-state index contributed by atoms with van der Waals surface area (Å²) < 4.78 is 0. The summed E-state index contributed by atoms with van der Waals surface area (Å²) in [6.07, 6.45) is 1.63. The minimum atomic E-state index is -0.00115. The van der Waals surface area contributed by atoms with Gasteiger partial charge in [0.15, 0.2) is 0 Å². The second-order valence-corrected chi connectivity index (χ2v) is 4.78. The molecule has 1 heterocycles. The third kappa shape index (κ3) is 2.40. The molecule has 0 aliphatic rings. The first-order valence-corrected chi connectivity index (χ1v) is 6.46. The van der Waals surface area contributed by atoms with Gasteiger partial charge in [0.1, 0.15) is 0 Å². The molecule has 4 nitrogen and oxygen atoms in total. The van der Waals surface area contributed by atoms with Gasteiger partial charge in [-0.2, -0.15) is 0 Å². The highest BCUT2D eigenvalue weighted by Crippen LogP contribution is 2.14. The zero-order valence-electron chi connectivity index (χ0n) is 11.2. The molecule has 0 aliphatic carbocycles. The van der Waals surface area contributed by atoms with Gasteiger partial charge in [0.05, 0.1) is 17.4 Å². The van der Waals surface area contributed by atoms with Crippen molar-refractivity contribution < 1.29 is 4.79 Å². The first-order chi connectivity index (χ1) is 9.74. The lowest BCUT2D eigenvalue weighted by Crippen LogP contribution is -2.26. The number of rotatable bonds is 3. The molecule has 0 radical (unpaired) electrons. The molecule has 0 bridgehead atoms. The molecule has 4 heteroatoms. The number of fused-ring (bicyclic) bond motifs is 1. The quantitative estimate of drug-likeness (QED) is 0.791. The topological polar surface area (TPSA) is 49.0 Å². The molecule has 0 aliphatic heterocycles. The number of imidazole rings is 1. The predicted molar refractivity (Wildman–Crippen MR) is 78.3 cm³/mol. The lowest BCUT2D eigenvalue weighted by molar-refractivity contribution is 0.0785. The first-order valence-electron chi connectivity index (χ1n) is 6.46. The number of benzene rings is 2. The minimum Gasteiger partial charge on any atom is -0.345 e. The fourth-order valence-corrected chi connectivity index (χ4v) is 2.21. The fraction of sp³-hybridized carbons (Fsp3) is 0.125. The monoisotopic (exact) mass is 265 g/mol. The highest BCUT2D eigenvalue weighted by Gasteiger charge is 2.12. The van der Waals surface area contributed by atoms with Crippen LogP contribution in [0, 0.1) is 0 Å². The Morgan fingerprint density at radius 1 is 1.20 bits per heavy atom. The van der Waals surface area contributed by atoms with Crippen LogP contribution in [0.15, 0.2) is 54.9 Å². The summed E-state index contributed by atoms with van der Waals surface area (Å²) in [5, 5.41) is 0. The van der Waals surface area contributed by atoms with Crippen LogP contribution in [0.25, 0.3) is 11.0 Å². The Morgan fingerprint density at radius 3 is 2.80 bits per heavy atom. The van der Waals surface area contributed by atoms with Crippen LogP contribution in [0.3, 0.4) is 0 Å². The van der Waals surface area contributed by atoms with E-state index in [2.05, 4.69) is 9.97 Å². The largest absolute Gasteiger partial charge is 0.345 e. The average molecular weight is 265 g/mol. The van der Waals surface area contributed by atoms with E-state index in [9.17, 15) is 4.79 Å². The standard InChI is InChI=1S/C16H15N3O/c1-19(10-12-5-3-2-4-6-12)16(20)13-7-8-14-15(9-13)18-11-17-14/h2-9,11H,10H2,1H3,(H,17,18). The zero-order valence-corrected chi connectivity index (χ0v) is 11.2. The second-order valence-electron chi connectivity index (χ2n) is 4.78. The molecule has 1 N–H and O–H groups in total. The normalized spacial score (nSPS) is 10.7. The summed E-state index contributed by atoms with van der Waals surface area (Å²) in [7, 11) is 1.81. The fourth-order valence-electron chi connectivity index (χ4n) is 2.21. The maximum absolute atomic E-state index is 12.4. The van der Waals surface area contributed by atoms with E-state index in [4.69, 9.17) is 0 Å². The highest BCUT2D eigenvalue weighted by molar-refractivity contribution is 5.97. The summed E-state index contributed by atoms with van der Waals surface area (Å²) in [5.74, 6) is -0.00115. The summed E-state index contributed by atoms with van der Waals surface area (Å²) in [5.41, 5.74) is 3.52. The number of hydrogen-bond donors (Lipinski definition) is 1. The SMILES string of the molecule is CN(Cc1ccccc1)C(=O)c1ccc2[nH]cnc2c1. The zero-order chi connectivity index (χ0) is 13.9. The number of aromatic amines is 1. The Morgan fingerprint density at radius 2 is 2.00 bits per heavy atom. The van der Waals surface area contributed by atoms with Crippen LogP contribution in [0.2, 0.25) is 0 Å². The van der Waals surface area contributed by atoms with Gasteiger partial charge in [-0.3, -0.25) is 4.79 Å². The van der Waals surface area contributed by atoms with Crippen LogP contribution in [0.5, 0.6) is 0 Å². The van der Waals surface area contributed by atoms with Crippen molar-refractivity contribution >= 4 is 16.9 Å². The van der Waals surface area contributed by atoms with E-state index in [1.54, 1.807) is 11.2 Å². The number of H-pyrrole nitrogens is 1. The lowest BCUT2D eigenvalue weighted by Gasteiger charge is -2.17. The van der Waals surface area contributed by atoms with Crippen molar-refractivity contribution in [2.75, 3.05) is 7.05 Å². The molecule has 0 fully saturated rings. The van der Waals surface area contributed by atoms with E-state index in [-0.39, 0.29) is 5.91 Å².